The van der Waals surface area contributed by atoms with Crippen LogP contribution in [0.1, 0.15) is 24.8 Å². The number of amides is 1. The second-order valence-electron chi connectivity index (χ2n) is 7.52. The summed E-state index contributed by atoms with van der Waals surface area (Å²) in [4.78, 5) is 17.1. The molecule has 26 heavy (non-hydrogen) atoms. The van der Waals surface area contributed by atoms with Crippen LogP contribution >= 0.6 is 0 Å². The molecule has 1 amide bonds. The number of piperidine rings is 2. The molecule has 1 aromatic carbocycles. The first-order valence-corrected chi connectivity index (χ1v) is 9.22. The van der Waals surface area contributed by atoms with Crippen LogP contribution < -0.4 is 9.47 Å². The summed E-state index contributed by atoms with van der Waals surface area (Å²) in [5.41, 5.74) is 0.912. The highest BCUT2D eigenvalue weighted by Gasteiger charge is 2.47. The Morgan fingerprint density at radius 3 is 2.23 bits per heavy atom. The summed E-state index contributed by atoms with van der Waals surface area (Å²) in [7, 11) is 6.97. The summed E-state index contributed by atoms with van der Waals surface area (Å²) in [5, 5.41) is 0. The van der Waals surface area contributed by atoms with Gasteiger partial charge in [0.15, 0.2) is 0 Å². The van der Waals surface area contributed by atoms with E-state index in [-0.39, 0.29) is 17.4 Å². The number of benzene rings is 1. The molecule has 1 atom stereocenters. The van der Waals surface area contributed by atoms with Crippen LogP contribution in [0.4, 0.5) is 0 Å². The lowest BCUT2D eigenvalue weighted by molar-refractivity contribution is -0.156. The molecule has 0 bridgehead atoms. The van der Waals surface area contributed by atoms with Gasteiger partial charge in [0, 0.05) is 33.3 Å². The van der Waals surface area contributed by atoms with Crippen LogP contribution in [0.25, 0.3) is 0 Å². The van der Waals surface area contributed by atoms with Crippen LogP contribution in [0.5, 0.6) is 11.5 Å². The second-order valence-corrected chi connectivity index (χ2v) is 7.52. The van der Waals surface area contributed by atoms with Gasteiger partial charge in [-0.05, 0) is 50.0 Å². The summed E-state index contributed by atoms with van der Waals surface area (Å²) in [5.74, 6) is 1.90. The maximum Gasteiger partial charge on any atom is 0.228 e. The number of hydrogen-bond acceptors (Lipinski definition) is 5. The van der Waals surface area contributed by atoms with Crippen molar-refractivity contribution in [3.63, 3.8) is 0 Å². The number of rotatable bonds is 5. The molecule has 6 heteroatoms. The molecule has 1 spiro atoms. The summed E-state index contributed by atoms with van der Waals surface area (Å²) < 4.78 is 16.3. The van der Waals surface area contributed by atoms with Gasteiger partial charge in [-0.25, -0.2) is 0 Å². The summed E-state index contributed by atoms with van der Waals surface area (Å²) >= 11 is 0. The molecule has 0 saturated carbocycles. The van der Waals surface area contributed by atoms with E-state index in [0.29, 0.717) is 6.54 Å². The second kappa shape index (κ2) is 7.84. The van der Waals surface area contributed by atoms with Gasteiger partial charge >= 0.3 is 0 Å². The van der Waals surface area contributed by atoms with E-state index in [1.54, 1.807) is 21.3 Å². The molecule has 144 valence electrons. The van der Waals surface area contributed by atoms with E-state index in [1.807, 2.05) is 30.1 Å². The Balaban J connectivity index is 1.66. The quantitative estimate of drug-likeness (QED) is 0.803. The first kappa shape index (κ1) is 19.0. The molecule has 0 aromatic heterocycles. The predicted molar refractivity (Wildman–Crippen MR) is 99.5 cm³/mol. The van der Waals surface area contributed by atoms with Crippen LogP contribution in [0, 0.1) is 5.41 Å². The minimum atomic E-state index is -0.254. The highest BCUT2D eigenvalue weighted by atomic mass is 16.5. The molecule has 0 radical (unpaired) electrons. The number of methoxy groups -OCH3 is 3. The Bertz CT molecular complexity index is 618. The van der Waals surface area contributed by atoms with Gasteiger partial charge in [0.05, 0.1) is 25.7 Å². The van der Waals surface area contributed by atoms with Crippen molar-refractivity contribution in [3.8, 4) is 11.5 Å². The average Bonchev–Trinajstić information content (AvgIpc) is 2.67. The molecule has 2 fully saturated rings. The van der Waals surface area contributed by atoms with Crippen LogP contribution in [-0.4, -0.2) is 69.8 Å². The number of carbonyl (C=O) groups is 1. The third-order valence-electron chi connectivity index (χ3n) is 5.86. The van der Waals surface area contributed by atoms with E-state index >= 15 is 0 Å². The van der Waals surface area contributed by atoms with Crippen molar-refractivity contribution < 1.29 is 19.0 Å². The summed E-state index contributed by atoms with van der Waals surface area (Å²) in [6, 6.07) is 5.98. The standard InChI is InChI=1S/C20H30N2O4/c1-21-14-18(26-4)12-20(19(21)23)5-7-22(8-6-20)13-15-9-16(24-2)11-17(10-15)25-3/h9-11,18H,5-8,12-14H2,1-4H3. The number of likely N-dealkylation sites (tertiary alicyclic amines) is 2. The SMILES string of the molecule is COc1cc(CN2CCC3(CC2)CC(OC)CN(C)C3=O)cc(OC)c1. The Morgan fingerprint density at radius 1 is 1.08 bits per heavy atom. The molecule has 6 nitrogen and oxygen atoms in total. The lowest BCUT2D eigenvalue weighted by Crippen LogP contribution is -2.56. The summed E-state index contributed by atoms with van der Waals surface area (Å²) in [6.45, 7) is 3.36. The minimum absolute atomic E-state index is 0.145. The maximum atomic E-state index is 12.8. The van der Waals surface area contributed by atoms with Crippen LogP contribution in [-0.2, 0) is 16.1 Å². The van der Waals surface area contributed by atoms with Gasteiger partial charge in [0.25, 0.3) is 0 Å². The van der Waals surface area contributed by atoms with Crippen LogP contribution in [0.2, 0.25) is 0 Å². The largest absolute Gasteiger partial charge is 0.497 e. The highest BCUT2D eigenvalue weighted by Crippen LogP contribution is 2.41. The van der Waals surface area contributed by atoms with E-state index < -0.39 is 0 Å². The molecule has 2 aliphatic heterocycles. The number of nitrogens with zero attached hydrogens (tertiary/aromatic N) is 2. The molecular weight excluding hydrogens is 332 g/mol. The monoisotopic (exact) mass is 362 g/mol. The zero-order chi connectivity index (χ0) is 18.7. The normalized spacial score (nSPS) is 23.3. The fraction of sp³-hybridized carbons (Fsp3) is 0.650. The third kappa shape index (κ3) is 3.81. The molecule has 2 heterocycles. The smallest absolute Gasteiger partial charge is 0.228 e. The number of carbonyl (C=O) groups excluding carboxylic acids is 1. The topological polar surface area (TPSA) is 51.2 Å². The molecule has 2 saturated heterocycles. The molecule has 2 aliphatic rings. The molecule has 0 N–H and O–H groups in total. The van der Waals surface area contributed by atoms with Gasteiger partial charge < -0.3 is 19.1 Å². The molecule has 3 rings (SSSR count). The Labute approximate surface area is 156 Å². The van der Waals surface area contributed by atoms with Crippen molar-refractivity contribution in [1.29, 1.82) is 0 Å². The summed E-state index contributed by atoms with van der Waals surface area (Å²) in [6.07, 6.45) is 2.76. The maximum absolute atomic E-state index is 12.8. The van der Waals surface area contributed by atoms with Gasteiger partial charge in [0.1, 0.15) is 11.5 Å². The number of hydrogen-bond donors (Lipinski definition) is 0. The van der Waals surface area contributed by atoms with Crippen LogP contribution in [0.15, 0.2) is 18.2 Å². The van der Waals surface area contributed by atoms with E-state index in [0.717, 1.165) is 50.4 Å². The van der Waals surface area contributed by atoms with Gasteiger partial charge in [0.2, 0.25) is 5.91 Å². The molecule has 0 aliphatic carbocycles. The average molecular weight is 362 g/mol. The van der Waals surface area contributed by atoms with E-state index in [1.165, 1.54) is 5.56 Å². The van der Waals surface area contributed by atoms with Gasteiger partial charge in [-0.1, -0.05) is 0 Å². The van der Waals surface area contributed by atoms with Crippen molar-refractivity contribution >= 4 is 5.91 Å². The first-order valence-electron chi connectivity index (χ1n) is 9.22. The van der Waals surface area contributed by atoms with Crippen molar-refractivity contribution in [2.24, 2.45) is 5.41 Å². The van der Waals surface area contributed by atoms with E-state index in [9.17, 15) is 4.79 Å². The molecule has 1 aromatic rings. The Hall–Kier alpha value is -1.79. The van der Waals surface area contributed by atoms with Crippen molar-refractivity contribution in [3.05, 3.63) is 23.8 Å². The number of likely N-dealkylation sites (N-methyl/N-ethyl adjacent to an activating group) is 1. The third-order valence-corrected chi connectivity index (χ3v) is 5.86. The van der Waals surface area contributed by atoms with E-state index in [2.05, 4.69) is 4.90 Å². The zero-order valence-corrected chi connectivity index (χ0v) is 16.3. The molecule has 1 unspecified atom stereocenters. The predicted octanol–water partition coefficient (Wildman–Crippen LogP) is 2.16. The fourth-order valence-electron chi connectivity index (χ4n) is 4.31. The zero-order valence-electron chi connectivity index (χ0n) is 16.3. The van der Waals surface area contributed by atoms with Crippen molar-refractivity contribution in [2.75, 3.05) is 48.0 Å². The fourth-order valence-corrected chi connectivity index (χ4v) is 4.31. The van der Waals surface area contributed by atoms with Crippen LogP contribution in [0.3, 0.4) is 0 Å². The van der Waals surface area contributed by atoms with Crippen molar-refractivity contribution in [2.45, 2.75) is 31.9 Å². The van der Waals surface area contributed by atoms with Crippen molar-refractivity contribution in [1.82, 2.24) is 9.80 Å². The van der Waals surface area contributed by atoms with Gasteiger partial charge in [-0.15, -0.1) is 0 Å². The lowest BCUT2D eigenvalue weighted by atomic mass is 9.71. The molecular formula is C20H30N2O4. The Kier molecular flexibility index (Phi) is 5.73. The first-order chi connectivity index (χ1) is 12.5. The highest BCUT2D eigenvalue weighted by molar-refractivity contribution is 5.83. The lowest BCUT2D eigenvalue weighted by Gasteiger charge is -2.47. The van der Waals surface area contributed by atoms with Gasteiger partial charge in [-0.3, -0.25) is 9.69 Å². The minimum Gasteiger partial charge on any atom is -0.497 e. The van der Waals surface area contributed by atoms with E-state index in [4.69, 9.17) is 14.2 Å². The van der Waals surface area contributed by atoms with Gasteiger partial charge in [-0.2, -0.15) is 0 Å². The Morgan fingerprint density at radius 2 is 1.69 bits per heavy atom. The number of ether oxygens (including phenoxy) is 3.